The van der Waals surface area contributed by atoms with Gasteiger partial charge in [0.1, 0.15) is 30.3 Å². The molecule has 114 valence electrons. The van der Waals surface area contributed by atoms with Crippen molar-refractivity contribution >= 4 is 30.1 Å². The van der Waals surface area contributed by atoms with E-state index < -0.39 is 18.0 Å². The van der Waals surface area contributed by atoms with Gasteiger partial charge < -0.3 is 20.5 Å². The van der Waals surface area contributed by atoms with Crippen molar-refractivity contribution in [2.75, 3.05) is 35.7 Å². The molecule has 1 amide bonds. The zero-order chi connectivity index (χ0) is 15.0. The number of carbonyl (C=O) groups excluding carboxylic acids is 1. The molecule has 2 aliphatic rings. The standard InChI is InChI=1S/C13H16FN3O3S/c14-7-3-9-11(4-8(7)16-1-2-21)19-6-10-12(5-15)20-13(18)17(9)10/h3-4,10,12,16,21H,1-2,5-6,15H2/t10-,12-/m0/s1. The van der Waals surface area contributed by atoms with E-state index in [1.165, 1.54) is 11.0 Å². The summed E-state index contributed by atoms with van der Waals surface area (Å²) in [5.74, 6) is 0.573. The molecule has 1 fully saturated rings. The highest BCUT2D eigenvalue weighted by Gasteiger charge is 2.46. The number of benzene rings is 1. The summed E-state index contributed by atoms with van der Waals surface area (Å²) in [6.07, 6.45) is -0.953. The van der Waals surface area contributed by atoms with Crippen LogP contribution >= 0.6 is 12.6 Å². The number of ether oxygens (including phenoxy) is 2. The molecule has 0 aliphatic carbocycles. The quantitative estimate of drug-likeness (QED) is 0.729. The Morgan fingerprint density at radius 1 is 1.52 bits per heavy atom. The third kappa shape index (κ3) is 2.38. The SMILES string of the molecule is NC[C@@H]1OC(=O)N2c3cc(F)c(NCCS)cc3OC[C@@H]12. The zero-order valence-corrected chi connectivity index (χ0v) is 12.1. The van der Waals surface area contributed by atoms with Crippen molar-refractivity contribution in [3.05, 3.63) is 17.9 Å². The van der Waals surface area contributed by atoms with E-state index in [4.69, 9.17) is 15.2 Å². The first-order valence-corrected chi connectivity index (χ1v) is 7.30. The Kier molecular flexibility index (Phi) is 3.81. The average molecular weight is 313 g/mol. The molecule has 0 unspecified atom stereocenters. The third-order valence-electron chi connectivity index (χ3n) is 3.59. The molecule has 3 rings (SSSR count). The van der Waals surface area contributed by atoms with E-state index in [1.807, 2.05) is 0 Å². The molecule has 2 atom stereocenters. The summed E-state index contributed by atoms with van der Waals surface area (Å²) in [6.45, 7) is 1.01. The van der Waals surface area contributed by atoms with Crippen molar-refractivity contribution in [3.63, 3.8) is 0 Å². The summed E-state index contributed by atoms with van der Waals surface area (Å²) in [5, 5.41) is 2.92. The molecule has 0 radical (unpaired) electrons. The summed E-state index contributed by atoms with van der Waals surface area (Å²) >= 11 is 4.07. The first kappa shape index (κ1) is 14.3. The van der Waals surface area contributed by atoms with E-state index in [-0.39, 0.29) is 19.2 Å². The molecule has 1 aromatic carbocycles. The number of hydrogen-bond donors (Lipinski definition) is 3. The van der Waals surface area contributed by atoms with Crippen molar-refractivity contribution in [1.29, 1.82) is 0 Å². The van der Waals surface area contributed by atoms with Crippen LogP contribution in [0.2, 0.25) is 0 Å². The minimum absolute atomic E-state index is 0.204. The second-order valence-corrected chi connectivity index (χ2v) is 5.30. The van der Waals surface area contributed by atoms with Crippen LogP contribution in [0.1, 0.15) is 0 Å². The van der Waals surface area contributed by atoms with Crippen molar-refractivity contribution in [3.8, 4) is 5.75 Å². The number of amides is 1. The maximum Gasteiger partial charge on any atom is 0.415 e. The molecule has 0 bridgehead atoms. The lowest BCUT2D eigenvalue weighted by atomic mass is 10.1. The average Bonchev–Trinajstić information content (AvgIpc) is 2.82. The fourth-order valence-corrected chi connectivity index (χ4v) is 2.69. The van der Waals surface area contributed by atoms with E-state index in [9.17, 15) is 9.18 Å². The number of anilines is 2. The number of fused-ring (bicyclic) bond motifs is 3. The van der Waals surface area contributed by atoms with Gasteiger partial charge in [0, 0.05) is 31.0 Å². The molecular formula is C13H16FN3O3S. The first-order chi connectivity index (χ1) is 10.2. The second-order valence-electron chi connectivity index (χ2n) is 4.86. The Labute approximate surface area is 126 Å². The van der Waals surface area contributed by atoms with Crippen LogP contribution in [-0.2, 0) is 4.74 Å². The van der Waals surface area contributed by atoms with Crippen LogP contribution in [-0.4, -0.2) is 43.7 Å². The normalized spacial score (nSPS) is 23.2. The molecule has 2 heterocycles. The molecule has 0 saturated carbocycles. The predicted molar refractivity (Wildman–Crippen MR) is 79.8 cm³/mol. The largest absolute Gasteiger partial charge is 0.489 e. The molecular weight excluding hydrogens is 297 g/mol. The number of nitrogens with one attached hydrogen (secondary N) is 1. The zero-order valence-electron chi connectivity index (χ0n) is 11.2. The van der Waals surface area contributed by atoms with E-state index in [1.54, 1.807) is 6.07 Å². The van der Waals surface area contributed by atoms with Crippen LogP contribution in [0.4, 0.5) is 20.6 Å². The van der Waals surface area contributed by atoms with Gasteiger partial charge in [-0.05, 0) is 0 Å². The lowest BCUT2D eigenvalue weighted by molar-refractivity contribution is 0.126. The maximum absolute atomic E-state index is 14.1. The highest BCUT2D eigenvalue weighted by molar-refractivity contribution is 7.80. The van der Waals surface area contributed by atoms with E-state index in [2.05, 4.69) is 17.9 Å². The van der Waals surface area contributed by atoms with E-state index in [0.29, 0.717) is 29.4 Å². The van der Waals surface area contributed by atoms with Gasteiger partial charge in [-0.1, -0.05) is 0 Å². The van der Waals surface area contributed by atoms with Gasteiger partial charge in [-0.2, -0.15) is 12.6 Å². The number of thiol groups is 1. The molecule has 21 heavy (non-hydrogen) atoms. The first-order valence-electron chi connectivity index (χ1n) is 6.66. The van der Waals surface area contributed by atoms with Crippen LogP contribution in [0.3, 0.4) is 0 Å². The lowest BCUT2D eigenvalue weighted by Crippen LogP contribution is -2.46. The summed E-state index contributed by atoms with van der Waals surface area (Å²) < 4.78 is 24.9. The van der Waals surface area contributed by atoms with Gasteiger partial charge in [-0.25, -0.2) is 9.18 Å². The fraction of sp³-hybridized carbons (Fsp3) is 0.462. The van der Waals surface area contributed by atoms with Gasteiger partial charge in [-0.3, -0.25) is 4.90 Å². The summed E-state index contributed by atoms with van der Waals surface area (Å²) in [7, 11) is 0. The van der Waals surface area contributed by atoms with Crippen LogP contribution in [0.15, 0.2) is 12.1 Å². The molecule has 8 heteroatoms. The fourth-order valence-electron chi connectivity index (χ4n) is 2.58. The number of hydrogen-bond acceptors (Lipinski definition) is 6. The van der Waals surface area contributed by atoms with Crippen LogP contribution in [0.5, 0.6) is 5.75 Å². The monoisotopic (exact) mass is 313 g/mol. The Morgan fingerprint density at radius 2 is 2.33 bits per heavy atom. The smallest absolute Gasteiger partial charge is 0.415 e. The lowest BCUT2D eigenvalue weighted by Gasteiger charge is -2.31. The summed E-state index contributed by atoms with van der Waals surface area (Å²) in [6, 6.07) is 2.52. The highest BCUT2D eigenvalue weighted by Crippen LogP contribution is 2.41. The predicted octanol–water partition coefficient (Wildman–Crippen LogP) is 1.21. The molecule has 1 saturated heterocycles. The van der Waals surface area contributed by atoms with Gasteiger partial charge in [0.15, 0.2) is 0 Å². The Balaban J connectivity index is 1.95. The van der Waals surface area contributed by atoms with Gasteiger partial charge in [-0.15, -0.1) is 0 Å². The molecule has 6 nitrogen and oxygen atoms in total. The summed E-state index contributed by atoms with van der Waals surface area (Å²) in [4.78, 5) is 13.4. The summed E-state index contributed by atoms with van der Waals surface area (Å²) in [5.41, 5.74) is 6.28. The Bertz CT molecular complexity index is 572. The van der Waals surface area contributed by atoms with Crippen molar-refractivity contribution in [2.45, 2.75) is 12.1 Å². The Morgan fingerprint density at radius 3 is 3.05 bits per heavy atom. The molecule has 2 aliphatic heterocycles. The van der Waals surface area contributed by atoms with Crippen molar-refractivity contribution < 1.29 is 18.7 Å². The number of nitrogens with zero attached hydrogens (tertiary/aromatic N) is 1. The molecule has 3 N–H and O–H groups in total. The number of cyclic esters (lactones) is 1. The maximum atomic E-state index is 14.1. The Hall–Kier alpha value is -1.67. The topological polar surface area (TPSA) is 76.8 Å². The second kappa shape index (κ2) is 5.61. The molecule has 0 aromatic heterocycles. The van der Waals surface area contributed by atoms with E-state index >= 15 is 0 Å². The molecule has 0 spiro atoms. The van der Waals surface area contributed by atoms with Crippen molar-refractivity contribution in [2.24, 2.45) is 5.73 Å². The van der Waals surface area contributed by atoms with Crippen LogP contribution in [0.25, 0.3) is 0 Å². The number of rotatable bonds is 4. The third-order valence-corrected chi connectivity index (χ3v) is 3.81. The highest BCUT2D eigenvalue weighted by atomic mass is 32.1. The number of halogens is 1. The van der Waals surface area contributed by atoms with Crippen molar-refractivity contribution in [1.82, 2.24) is 0 Å². The van der Waals surface area contributed by atoms with Gasteiger partial charge >= 0.3 is 6.09 Å². The number of carbonyl (C=O) groups is 1. The van der Waals surface area contributed by atoms with Gasteiger partial charge in [0.05, 0.1) is 11.4 Å². The van der Waals surface area contributed by atoms with Crippen LogP contribution < -0.4 is 20.7 Å². The van der Waals surface area contributed by atoms with Gasteiger partial charge in [0.2, 0.25) is 0 Å². The molecule has 1 aromatic rings. The minimum Gasteiger partial charge on any atom is -0.489 e. The van der Waals surface area contributed by atoms with Crippen LogP contribution in [0, 0.1) is 5.82 Å². The number of nitrogens with two attached hydrogens (primary N) is 1. The van der Waals surface area contributed by atoms with E-state index in [0.717, 1.165) is 0 Å². The van der Waals surface area contributed by atoms with Gasteiger partial charge in [0.25, 0.3) is 0 Å². The minimum atomic E-state index is -0.518.